The fourth-order valence-electron chi connectivity index (χ4n) is 1.40. The Kier molecular flexibility index (Phi) is 3.40. The molecule has 2 aromatic rings. The van der Waals surface area contributed by atoms with Crippen LogP contribution >= 0.6 is 23.1 Å². The van der Waals surface area contributed by atoms with E-state index in [0.29, 0.717) is 0 Å². The van der Waals surface area contributed by atoms with Crippen LogP contribution in [0.5, 0.6) is 0 Å². The molecule has 17 heavy (non-hydrogen) atoms. The average Bonchev–Trinajstić information content (AvgIpc) is 2.68. The number of thioether (sulfide) groups is 1. The van der Waals surface area contributed by atoms with Crippen molar-refractivity contribution >= 4 is 39.3 Å². The highest BCUT2D eigenvalue weighted by Gasteiger charge is 2.31. The highest BCUT2D eigenvalue weighted by molar-refractivity contribution is 8.03. The number of methoxy groups -OCH3 is 1. The van der Waals surface area contributed by atoms with Gasteiger partial charge < -0.3 is 4.74 Å². The van der Waals surface area contributed by atoms with Gasteiger partial charge in [0.25, 0.3) is 0 Å². The van der Waals surface area contributed by atoms with E-state index in [1.165, 1.54) is 18.9 Å². The maximum absolute atomic E-state index is 11.6. The van der Waals surface area contributed by atoms with Crippen LogP contribution in [-0.4, -0.2) is 22.8 Å². The van der Waals surface area contributed by atoms with Crippen molar-refractivity contribution in [2.45, 2.75) is 22.9 Å². The number of esters is 1. The van der Waals surface area contributed by atoms with Crippen LogP contribution in [0, 0.1) is 0 Å². The van der Waals surface area contributed by atoms with Gasteiger partial charge in [-0.1, -0.05) is 23.9 Å². The molecule has 3 nitrogen and oxygen atoms in total. The van der Waals surface area contributed by atoms with Crippen LogP contribution in [0.3, 0.4) is 0 Å². The summed E-state index contributed by atoms with van der Waals surface area (Å²) in [7, 11) is 1.41. The summed E-state index contributed by atoms with van der Waals surface area (Å²) < 4.78 is 6.20. The number of hydrogen-bond donors (Lipinski definition) is 0. The third kappa shape index (κ3) is 2.61. The number of nitrogens with zero attached hydrogens (tertiary/aromatic N) is 1. The lowest BCUT2D eigenvalue weighted by Gasteiger charge is -2.18. The number of ether oxygens (including phenoxy) is 1. The fourth-order valence-corrected chi connectivity index (χ4v) is 3.91. The topological polar surface area (TPSA) is 39.2 Å². The van der Waals surface area contributed by atoms with E-state index in [2.05, 4.69) is 4.98 Å². The first kappa shape index (κ1) is 12.4. The second-order valence-electron chi connectivity index (χ2n) is 4.05. The van der Waals surface area contributed by atoms with E-state index in [1.54, 1.807) is 11.3 Å². The predicted molar refractivity (Wildman–Crippen MR) is 71.6 cm³/mol. The van der Waals surface area contributed by atoms with E-state index in [-0.39, 0.29) is 5.97 Å². The van der Waals surface area contributed by atoms with Crippen LogP contribution in [0.4, 0.5) is 0 Å². The first-order valence-corrected chi connectivity index (χ1v) is 6.79. The van der Waals surface area contributed by atoms with Gasteiger partial charge in [-0.05, 0) is 26.0 Å². The molecule has 0 bridgehead atoms. The Morgan fingerprint density at radius 3 is 2.76 bits per heavy atom. The third-order valence-corrected chi connectivity index (χ3v) is 4.57. The van der Waals surface area contributed by atoms with Gasteiger partial charge >= 0.3 is 5.97 Å². The largest absolute Gasteiger partial charge is 0.468 e. The van der Waals surface area contributed by atoms with Crippen molar-refractivity contribution in [3.8, 4) is 0 Å². The number of fused-ring (bicyclic) bond motifs is 1. The van der Waals surface area contributed by atoms with Crippen molar-refractivity contribution in [1.29, 1.82) is 0 Å². The molecule has 0 aliphatic carbocycles. The second kappa shape index (κ2) is 4.66. The molecule has 90 valence electrons. The molecule has 1 heterocycles. The van der Waals surface area contributed by atoms with Crippen LogP contribution in [0.25, 0.3) is 10.2 Å². The van der Waals surface area contributed by atoms with Gasteiger partial charge in [0.15, 0.2) is 4.34 Å². The lowest BCUT2D eigenvalue weighted by atomic mass is 10.2. The minimum absolute atomic E-state index is 0.234. The molecular formula is C12H13NO2S2. The SMILES string of the molecule is COC(=O)C(C)(C)Sc1nc2ccccc2s1. The Labute approximate surface area is 108 Å². The van der Waals surface area contributed by atoms with Crippen molar-refractivity contribution in [2.75, 3.05) is 7.11 Å². The zero-order chi connectivity index (χ0) is 12.5. The van der Waals surface area contributed by atoms with Gasteiger partial charge in [-0.3, -0.25) is 4.79 Å². The Hall–Kier alpha value is -1.07. The zero-order valence-electron chi connectivity index (χ0n) is 9.89. The van der Waals surface area contributed by atoms with Crippen molar-refractivity contribution in [3.63, 3.8) is 0 Å². The number of aromatic nitrogens is 1. The Balaban J connectivity index is 2.26. The van der Waals surface area contributed by atoms with Crippen LogP contribution < -0.4 is 0 Å². The van der Waals surface area contributed by atoms with Crippen molar-refractivity contribution < 1.29 is 9.53 Å². The van der Waals surface area contributed by atoms with Gasteiger partial charge in [0, 0.05) is 0 Å². The number of thiazole rings is 1. The van der Waals surface area contributed by atoms with Gasteiger partial charge in [-0.25, -0.2) is 4.98 Å². The first-order valence-electron chi connectivity index (χ1n) is 5.16. The van der Waals surface area contributed by atoms with Crippen LogP contribution in [0.15, 0.2) is 28.6 Å². The van der Waals surface area contributed by atoms with E-state index in [1.807, 2.05) is 38.1 Å². The molecule has 0 aliphatic heterocycles. The Morgan fingerprint density at radius 2 is 2.12 bits per heavy atom. The van der Waals surface area contributed by atoms with Crippen LogP contribution in [-0.2, 0) is 9.53 Å². The molecule has 0 saturated carbocycles. The van der Waals surface area contributed by atoms with Crippen LogP contribution in [0.2, 0.25) is 0 Å². The predicted octanol–water partition coefficient (Wildman–Crippen LogP) is 3.34. The quantitative estimate of drug-likeness (QED) is 0.631. The maximum atomic E-state index is 11.6. The van der Waals surface area contributed by atoms with E-state index < -0.39 is 4.75 Å². The normalized spacial score (nSPS) is 11.7. The minimum Gasteiger partial charge on any atom is -0.468 e. The number of para-hydroxylation sites is 1. The summed E-state index contributed by atoms with van der Waals surface area (Å²) in [6, 6.07) is 7.95. The average molecular weight is 267 g/mol. The second-order valence-corrected chi connectivity index (χ2v) is 6.95. The highest BCUT2D eigenvalue weighted by atomic mass is 32.2. The molecule has 1 aromatic carbocycles. The van der Waals surface area contributed by atoms with Crippen molar-refractivity contribution in [1.82, 2.24) is 4.98 Å². The molecule has 5 heteroatoms. The lowest BCUT2D eigenvalue weighted by molar-refractivity contribution is -0.142. The smallest absolute Gasteiger partial charge is 0.321 e. The monoisotopic (exact) mass is 267 g/mol. The Bertz CT molecular complexity index is 515. The summed E-state index contributed by atoms with van der Waals surface area (Å²) >= 11 is 3.03. The van der Waals surface area contributed by atoms with E-state index in [0.717, 1.165) is 14.6 Å². The molecule has 0 atom stereocenters. The molecule has 0 radical (unpaired) electrons. The lowest BCUT2D eigenvalue weighted by Crippen LogP contribution is -2.28. The number of carbonyl (C=O) groups excluding carboxylic acids is 1. The summed E-state index contributed by atoms with van der Waals surface area (Å²) in [6.45, 7) is 3.69. The van der Waals surface area contributed by atoms with E-state index >= 15 is 0 Å². The molecule has 0 unspecified atom stereocenters. The number of benzene rings is 1. The molecule has 0 aliphatic rings. The molecule has 0 fully saturated rings. The molecule has 1 aromatic heterocycles. The van der Waals surface area contributed by atoms with E-state index in [4.69, 9.17) is 4.74 Å². The fraction of sp³-hybridized carbons (Fsp3) is 0.333. The van der Waals surface area contributed by atoms with Gasteiger partial charge in [-0.2, -0.15) is 0 Å². The molecular weight excluding hydrogens is 254 g/mol. The standard InChI is InChI=1S/C12H13NO2S2/c1-12(2,10(14)15-3)17-11-13-8-6-4-5-7-9(8)16-11/h4-7H,1-3H3. The number of carbonyl (C=O) groups is 1. The number of hydrogen-bond acceptors (Lipinski definition) is 5. The third-order valence-electron chi connectivity index (χ3n) is 2.29. The number of rotatable bonds is 3. The van der Waals surface area contributed by atoms with Crippen molar-refractivity contribution in [2.24, 2.45) is 0 Å². The van der Waals surface area contributed by atoms with Gasteiger partial charge in [-0.15, -0.1) is 11.3 Å². The maximum Gasteiger partial charge on any atom is 0.321 e. The Morgan fingerprint density at radius 1 is 1.41 bits per heavy atom. The van der Waals surface area contributed by atoms with Crippen molar-refractivity contribution in [3.05, 3.63) is 24.3 Å². The summed E-state index contributed by atoms with van der Waals surface area (Å²) in [6.07, 6.45) is 0. The molecule has 2 rings (SSSR count). The summed E-state index contributed by atoms with van der Waals surface area (Å²) in [5, 5.41) is 0. The summed E-state index contributed by atoms with van der Waals surface area (Å²) in [4.78, 5) is 16.1. The summed E-state index contributed by atoms with van der Waals surface area (Å²) in [5.74, 6) is -0.234. The summed E-state index contributed by atoms with van der Waals surface area (Å²) in [5.41, 5.74) is 0.973. The van der Waals surface area contributed by atoms with Crippen LogP contribution in [0.1, 0.15) is 13.8 Å². The highest BCUT2D eigenvalue weighted by Crippen LogP contribution is 2.37. The molecule has 0 spiro atoms. The van der Waals surface area contributed by atoms with E-state index in [9.17, 15) is 4.79 Å². The van der Waals surface area contributed by atoms with Gasteiger partial charge in [0.05, 0.1) is 17.3 Å². The van der Waals surface area contributed by atoms with Gasteiger partial charge in [0.2, 0.25) is 0 Å². The zero-order valence-corrected chi connectivity index (χ0v) is 11.5. The molecule has 0 saturated heterocycles. The molecule has 0 N–H and O–H groups in total. The van der Waals surface area contributed by atoms with Gasteiger partial charge in [0.1, 0.15) is 4.75 Å². The minimum atomic E-state index is -0.609. The first-order chi connectivity index (χ1) is 8.03. The molecule has 0 amide bonds.